The molecular formula is C13H20N4S. The highest BCUT2D eigenvalue weighted by molar-refractivity contribution is 7.98. The van der Waals surface area contributed by atoms with Crippen molar-refractivity contribution >= 4 is 23.2 Å². The molecule has 0 saturated heterocycles. The van der Waals surface area contributed by atoms with Crippen molar-refractivity contribution < 1.29 is 0 Å². The Labute approximate surface area is 112 Å². The maximum atomic E-state index is 5.88. The van der Waals surface area contributed by atoms with Gasteiger partial charge in [-0.15, -0.1) is 0 Å². The van der Waals surface area contributed by atoms with Gasteiger partial charge in [0.15, 0.2) is 5.82 Å². The molecule has 4 nitrogen and oxygen atoms in total. The molecule has 2 aromatic heterocycles. The quantitative estimate of drug-likeness (QED) is 0.897. The van der Waals surface area contributed by atoms with Crippen molar-refractivity contribution in [1.29, 1.82) is 0 Å². The second kappa shape index (κ2) is 5.63. The van der Waals surface area contributed by atoms with Gasteiger partial charge in [-0.3, -0.25) is 0 Å². The summed E-state index contributed by atoms with van der Waals surface area (Å²) < 4.78 is 2.07. The van der Waals surface area contributed by atoms with E-state index in [0.717, 1.165) is 22.9 Å². The van der Waals surface area contributed by atoms with E-state index in [1.54, 1.807) is 0 Å². The predicted molar refractivity (Wildman–Crippen MR) is 79.3 cm³/mol. The van der Waals surface area contributed by atoms with E-state index >= 15 is 0 Å². The minimum absolute atomic E-state index is 0.440. The molecule has 2 heterocycles. The summed E-state index contributed by atoms with van der Waals surface area (Å²) in [7, 11) is 2.09. The monoisotopic (exact) mass is 264 g/mol. The molecule has 5 heteroatoms. The lowest BCUT2D eigenvalue weighted by Gasteiger charge is -2.25. The van der Waals surface area contributed by atoms with E-state index in [4.69, 9.17) is 5.73 Å². The summed E-state index contributed by atoms with van der Waals surface area (Å²) in [4.78, 5) is 6.90. The van der Waals surface area contributed by atoms with Gasteiger partial charge >= 0.3 is 0 Å². The molecule has 1 unspecified atom stereocenters. The van der Waals surface area contributed by atoms with Crippen LogP contribution in [-0.2, 0) is 6.54 Å². The number of aromatic nitrogens is 2. The maximum absolute atomic E-state index is 5.88. The van der Waals surface area contributed by atoms with Gasteiger partial charge in [0.05, 0.1) is 5.69 Å². The molecule has 2 rings (SSSR count). The van der Waals surface area contributed by atoms with Gasteiger partial charge in [-0.25, -0.2) is 4.98 Å². The molecule has 0 amide bonds. The number of nitrogens with two attached hydrogens (primary N) is 1. The molecule has 0 spiro atoms. The van der Waals surface area contributed by atoms with Gasteiger partial charge in [-0.05, 0) is 25.3 Å². The molecule has 0 aromatic carbocycles. The highest BCUT2D eigenvalue weighted by Gasteiger charge is 2.18. The third-order valence-corrected chi connectivity index (χ3v) is 4.02. The molecule has 0 bridgehead atoms. The second-order valence-electron chi connectivity index (χ2n) is 4.43. The molecule has 2 N–H and O–H groups in total. The Balaban J connectivity index is 2.43. The van der Waals surface area contributed by atoms with Crippen molar-refractivity contribution in [2.24, 2.45) is 5.73 Å². The number of pyridine rings is 1. The van der Waals surface area contributed by atoms with Crippen LogP contribution in [-0.4, -0.2) is 34.5 Å². The lowest BCUT2D eigenvalue weighted by molar-refractivity contribution is 0.748. The zero-order valence-corrected chi connectivity index (χ0v) is 11.9. The molecular weight excluding hydrogens is 244 g/mol. The van der Waals surface area contributed by atoms with Gasteiger partial charge in [-0.2, -0.15) is 11.8 Å². The average molecular weight is 264 g/mol. The van der Waals surface area contributed by atoms with Crippen LogP contribution in [0, 0.1) is 0 Å². The fourth-order valence-corrected chi connectivity index (χ4v) is 2.77. The summed E-state index contributed by atoms with van der Waals surface area (Å²) in [6.45, 7) is 2.71. The molecule has 0 aliphatic heterocycles. The van der Waals surface area contributed by atoms with E-state index in [-0.39, 0.29) is 0 Å². The van der Waals surface area contributed by atoms with Gasteiger partial charge in [0, 0.05) is 31.6 Å². The highest BCUT2D eigenvalue weighted by atomic mass is 32.2. The average Bonchev–Trinajstić information content (AvgIpc) is 2.76. The largest absolute Gasteiger partial charge is 0.355 e. The minimum Gasteiger partial charge on any atom is -0.355 e. The van der Waals surface area contributed by atoms with Crippen LogP contribution in [0.5, 0.6) is 0 Å². The second-order valence-corrected chi connectivity index (χ2v) is 5.34. The van der Waals surface area contributed by atoms with Crippen molar-refractivity contribution in [1.82, 2.24) is 9.38 Å². The summed E-state index contributed by atoms with van der Waals surface area (Å²) in [5.74, 6) is 2.07. The van der Waals surface area contributed by atoms with E-state index in [9.17, 15) is 0 Å². The van der Waals surface area contributed by atoms with E-state index in [0.29, 0.717) is 12.6 Å². The molecule has 2 aromatic rings. The van der Waals surface area contributed by atoms with Crippen molar-refractivity contribution in [3.8, 4) is 0 Å². The molecule has 18 heavy (non-hydrogen) atoms. The SMILES string of the molecule is CSCC(C)N(C)c1nc2ccccn2c1CN. The number of nitrogens with zero attached hydrogens (tertiary/aromatic N) is 3. The fourth-order valence-electron chi connectivity index (χ4n) is 2.07. The van der Waals surface area contributed by atoms with Crippen LogP contribution in [0.2, 0.25) is 0 Å². The summed E-state index contributed by atoms with van der Waals surface area (Å²) in [5.41, 5.74) is 7.91. The van der Waals surface area contributed by atoms with Gasteiger partial charge < -0.3 is 15.0 Å². The van der Waals surface area contributed by atoms with Crippen molar-refractivity contribution in [2.75, 3.05) is 24.0 Å². The van der Waals surface area contributed by atoms with E-state index in [2.05, 4.69) is 34.5 Å². The van der Waals surface area contributed by atoms with Crippen molar-refractivity contribution in [2.45, 2.75) is 19.5 Å². The summed E-state index contributed by atoms with van der Waals surface area (Å²) in [5, 5.41) is 0. The fraction of sp³-hybridized carbons (Fsp3) is 0.462. The molecule has 0 fully saturated rings. The van der Waals surface area contributed by atoms with E-state index in [1.807, 2.05) is 36.2 Å². The predicted octanol–water partition coefficient (Wildman–Crippen LogP) is 1.98. The summed E-state index contributed by atoms with van der Waals surface area (Å²) in [6, 6.07) is 6.45. The zero-order valence-electron chi connectivity index (χ0n) is 11.1. The maximum Gasteiger partial charge on any atom is 0.152 e. The number of hydrogen-bond donors (Lipinski definition) is 1. The molecule has 1 atom stereocenters. The first-order valence-corrected chi connectivity index (χ1v) is 7.46. The lowest BCUT2D eigenvalue weighted by atomic mass is 10.3. The summed E-state index contributed by atoms with van der Waals surface area (Å²) in [6.07, 6.45) is 4.14. The molecule has 0 saturated carbocycles. The van der Waals surface area contributed by atoms with Crippen LogP contribution >= 0.6 is 11.8 Å². The van der Waals surface area contributed by atoms with Crippen LogP contribution in [0.4, 0.5) is 5.82 Å². The highest BCUT2D eigenvalue weighted by Crippen LogP contribution is 2.22. The number of imidazole rings is 1. The third-order valence-electron chi connectivity index (χ3n) is 3.20. The van der Waals surface area contributed by atoms with Gasteiger partial charge in [-0.1, -0.05) is 6.07 Å². The van der Waals surface area contributed by atoms with Crippen molar-refractivity contribution in [3.05, 3.63) is 30.1 Å². The number of rotatable bonds is 5. The number of thioether (sulfide) groups is 1. The number of anilines is 1. The Bertz CT molecular complexity index is 523. The van der Waals surface area contributed by atoms with E-state index in [1.165, 1.54) is 0 Å². The topological polar surface area (TPSA) is 46.6 Å². The third kappa shape index (κ3) is 2.33. The van der Waals surface area contributed by atoms with Crippen LogP contribution in [0.15, 0.2) is 24.4 Å². The first-order valence-electron chi connectivity index (χ1n) is 6.06. The van der Waals surface area contributed by atoms with E-state index < -0.39 is 0 Å². The standard InChI is InChI=1S/C13H20N4S/c1-10(9-18-3)16(2)13-11(8-14)17-7-5-4-6-12(17)15-13/h4-7,10H,8-9,14H2,1-3H3. The Morgan fingerprint density at radius 2 is 2.28 bits per heavy atom. The smallest absolute Gasteiger partial charge is 0.152 e. The molecule has 0 aliphatic carbocycles. The van der Waals surface area contributed by atoms with Crippen molar-refractivity contribution in [3.63, 3.8) is 0 Å². The Morgan fingerprint density at radius 3 is 2.94 bits per heavy atom. The van der Waals surface area contributed by atoms with Gasteiger partial charge in [0.2, 0.25) is 0 Å². The minimum atomic E-state index is 0.440. The Kier molecular flexibility index (Phi) is 4.14. The lowest BCUT2D eigenvalue weighted by Crippen LogP contribution is -2.32. The Hall–Kier alpha value is -1.20. The number of fused-ring (bicyclic) bond motifs is 1. The zero-order chi connectivity index (χ0) is 13.1. The summed E-state index contributed by atoms with van der Waals surface area (Å²) >= 11 is 1.85. The van der Waals surface area contributed by atoms with Gasteiger partial charge in [0.1, 0.15) is 5.65 Å². The van der Waals surface area contributed by atoms with Crippen LogP contribution in [0.25, 0.3) is 5.65 Å². The van der Waals surface area contributed by atoms with Crippen LogP contribution in [0.3, 0.4) is 0 Å². The first-order chi connectivity index (χ1) is 8.69. The normalized spacial score (nSPS) is 12.9. The van der Waals surface area contributed by atoms with Gasteiger partial charge in [0.25, 0.3) is 0 Å². The number of hydrogen-bond acceptors (Lipinski definition) is 4. The molecule has 98 valence electrons. The first kappa shape index (κ1) is 13.2. The molecule has 0 aliphatic rings. The van der Waals surface area contributed by atoms with Crippen LogP contribution < -0.4 is 10.6 Å². The molecule has 0 radical (unpaired) electrons. The van der Waals surface area contributed by atoms with Crippen LogP contribution in [0.1, 0.15) is 12.6 Å². The Morgan fingerprint density at radius 1 is 1.50 bits per heavy atom.